The number of aliphatic hydroxyl groups excluding tert-OH is 1. The maximum Gasteiger partial charge on any atom is 0.411 e. The SMILES string of the molecule is Cc1cc(-c2c(-c3ccccc3)[nH+]c(N)n3c(=O)n(Cc4ncoc4C)nc23)cc(CO)n1. The second-order valence-electron chi connectivity index (χ2n) is 7.73. The van der Waals surface area contributed by atoms with Gasteiger partial charge < -0.3 is 9.52 Å². The molecule has 0 saturated carbocycles. The monoisotopic (exact) mass is 444 g/mol. The van der Waals surface area contributed by atoms with Gasteiger partial charge in [0.25, 0.3) is 0 Å². The molecule has 0 bridgehead atoms. The number of anilines is 1. The third-order valence-electron chi connectivity index (χ3n) is 5.47. The van der Waals surface area contributed by atoms with Crippen LogP contribution >= 0.6 is 0 Å². The largest absolute Gasteiger partial charge is 0.448 e. The third-order valence-corrected chi connectivity index (χ3v) is 5.47. The van der Waals surface area contributed by atoms with E-state index in [1.807, 2.05) is 43.3 Å². The number of oxazole rings is 1. The summed E-state index contributed by atoms with van der Waals surface area (Å²) in [5.41, 5.74) is 11.1. The van der Waals surface area contributed by atoms with Crippen LogP contribution in [0, 0.1) is 13.8 Å². The van der Waals surface area contributed by atoms with Crippen molar-refractivity contribution in [1.29, 1.82) is 0 Å². The number of hydrogen-bond donors (Lipinski definition) is 2. The van der Waals surface area contributed by atoms with Gasteiger partial charge in [0.05, 0.1) is 24.4 Å². The molecule has 0 saturated heterocycles. The predicted octanol–water partition coefficient (Wildman–Crippen LogP) is 1.77. The lowest BCUT2D eigenvalue weighted by atomic mass is 9.99. The van der Waals surface area contributed by atoms with Crippen LogP contribution in [0.1, 0.15) is 22.8 Å². The second-order valence-corrected chi connectivity index (χ2v) is 7.73. The van der Waals surface area contributed by atoms with Gasteiger partial charge in [-0.25, -0.2) is 14.8 Å². The van der Waals surface area contributed by atoms with Crippen molar-refractivity contribution in [2.75, 3.05) is 5.73 Å². The summed E-state index contributed by atoms with van der Waals surface area (Å²) < 4.78 is 7.91. The van der Waals surface area contributed by atoms with Gasteiger partial charge in [0.2, 0.25) is 5.65 Å². The summed E-state index contributed by atoms with van der Waals surface area (Å²) >= 11 is 0. The highest BCUT2D eigenvalue weighted by atomic mass is 16.3. The number of nitrogens with zero attached hydrogens (tertiary/aromatic N) is 5. The molecule has 0 spiro atoms. The van der Waals surface area contributed by atoms with Crippen molar-refractivity contribution >= 4 is 11.6 Å². The Kier molecular flexibility index (Phi) is 4.98. The topological polar surface area (TPSA) is 139 Å². The Hall–Kier alpha value is -4.31. The highest BCUT2D eigenvalue weighted by Gasteiger charge is 2.26. The van der Waals surface area contributed by atoms with E-state index in [1.54, 1.807) is 13.0 Å². The van der Waals surface area contributed by atoms with Gasteiger partial charge in [-0.15, -0.1) is 9.50 Å². The maximum atomic E-state index is 13.3. The zero-order valence-electron chi connectivity index (χ0n) is 18.1. The number of nitrogen functional groups attached to an aromatic ring is 1. The van der Waals surface area contributed by atoms with Gasteiger partial charge in [0, 0.05) is 11.3 Å². The highest BCUT2D eigenvalue weighted by Crippen LogP contribution is 2.33. The van der Waals surface area contributed by atoms with Gasteiger partial charge in [-0.3, -0.25) is 10.7 Å². The molecule has 4 heterocycles. The van der Waals surface area contributed by atoms with Gasteiger partial charge >= 0.3 is 11.6 Å². The number of pyridine rings is 1. The minimum Gasteiger partial charge on any atom is -0.448 e. The number of nitrogens with two attached hydrogens (primary N) is 1. The van der Waals surface area contributed by atoms with Gasteiger partial charge in [-0.2, -0.15) is 4.68 Å². The summed E-state index contributed by atoms with van der Waals surface area (Å²) in [6.45, 7) is 3.55. The normalized spacial score (nSPS) is 11.4. The highest BCUT2D eigenvalue weighted by molar-refractivity contribution is 5.88. The average molecular weight is 444 g/mol. The standard InChI is InChI=1S/C23H21N7O3/c1-13-8-16(9-17(11-31)26-13)19-20(15-6-4-3-5-7-15)27-22(24)30-21(19)28-29(23(30)32)10-18-14(2)33-12-25-18/h3-9,12,31H,10-11H2,1-2H3,(H2,24,27)/p+1. The van der Waals surface area contributed by atoms with Gasteiger partial charge in [-0.05, 0) is 31.5 Å². The Bertz CT molecular complexity index is 1530. The molecular formula is C23H22N7O3+. The molecule has 5 rings (SSSR count). The van der Waals surface area contributed by atoms with Crippen LogP contribution in [0.5, 0.6) is 0 Å². The number of aromatic amines is 1. The van der Waals surface area contributed by atoms with E-state index >= 15 is 0 Å². The number of H-pyrrole nitrogens is 1. The van der Waals surface area contributed by atoms with E-state index in [1.165, 1.54) is 15.5 Å². The number of aromatic nitrogens is 6. The summed E-state index contributed by atoms with van der Waals surface area (Å²) in [5.74, 6) is 0.759. The summed E-state index contributed by atoms with van der Waals surface area (Å²) in [6.07, 6.45) is 1.34. The summed E-state index contributed by atoms with van der Waals surface area (Å²) in [4.78, 5) is 25.0. The van der Waals surface area contributed by atoms with Crippen LogP contribution in [0.25, 0.3) is 28.0 Å². The maximum absolute atomic E-state index is 13.3. The number of hydrogen-bond acceptors (Lipinski definition) is 7. The van der Waals surface area contributed by atoms with Crippen molar-refractivity contribution in [2.45, 2.75) is 27.0 Å². The summed E-state index contributed by atoms with van der Waals surface area (Å²) in [5, 5.41) is 14.4. The molecule has 166 valence electrons. The number of nitrogens with one attached hydrogen (secondary N) is 1. The van der Waals surface area contributed by atoms with Crippen molar-refractivity contribution in [3.05, 3.63) is 82.2 Å². The fourth-order valence-electron chi connectivity index (χ4n) is 3.93. The predicted molar refractivity (Wildman–Crippen MR) is 120 cm³/mol. The number of fused-ring (bicyclic) bond motifs is 1. The Morgan fingerprint density at radius 2 is 1.94 bits per heavy atom. The minimum absolute atomic E-state index is 0.139. The zero-order chi connectivity index (χ0) is 23.1. The van der Waals surface area contributed by atoms with Crippen LogP contribution in [-0.2, 0) is 13.2 Å². The first-order valence-electron chi connectivity index (χ1n) is 10.3. The van der Waals surface area contributed by atoms with Crippen molar-refractivity contribution in [1.82, 2.24) is 24.1 Å². The number of rotatable bonds is 5. The molecule has 4 N–H and O–H groups in total. The molecular weight excluding hydrogens is 422 g/mol. The smallest absolute Gasteiger partial charge is 0.411 e. The number of benzene rings is 1. The number of aryl methyl sites for hydroxylation is 2. The molecule has 0 fully saturated rings. The Labute approximate surface area is 188 Å². The lowest BCUT2D eigenvalue weighted by Crippen LogP contribution is -2.28. The van der Waals surface area contributed by atoms with Gasteiger partial charge in [0.1, 0.15) is 17.1 Å². The molecule has 0 aliphatic carbocycles. The molecule has 4 aromatic heterocycles. The van der Waals surface area contributed by atoms with Crippen molar-refractivity contribution in [3.63, 3.8) is 0 Å². The first-order valence-corrected chi connectivity index (χ1v) is 10.3. The van der Waals surface area contributed by atoms with Crippen molar-refractivity contribution in [2.24, 2.45) is 0 Å². The molecule has 0 unspecified atom stereocenters. The van der Waals surface area contributed by atoms with Crippen molar-refractivity contribution in [3.8, 4) is 22.4 Å². The molecule has 1 aromatic carbocycles. The van der Waals surface area contributed by atoms with E-state index in [0.29, 0.717) is 34.1 Å². The Morgan fingerprint density at radius 3 is 2.64 bits per heavy atom. The van der Waals surface area contributed by atoms with Crippen LogP contribution in [0.2, 0.25) is 0 Å². The van der Waals surface area contributed by atoms with Crippen molar-refractivity contribution < 1.29 is 14.5 Å². The summed E-state index contributed by atoms with van der Waals surface area (Å²) in [6, 6.07) is 13.3. The molecule has 0 atom stereocenters. The third kappa shape index (κ3) is 3.56. The second kappa shape index (κ2) is 7.99. The van der Waals surface area contributed by atoms with E-state index in [2.05, 4.69) is 20.1 Å². The first kappa shape index (κ1) is 20.6. The van der Waals surface area contributed by atoms with E-state index in [4.69, 9.17) is 10.2 Å². The summed E-state index contributed by atoms with van der Waals surface area (Å²) in [7, 11) is 0. The van der Waals surface area contributed by atoms with E-state index in [0.717, 1.165) is 16.8 Å². The molecule has 0 radical (unpaired) electrons. The van der Waals surface area contributed by atoms with Crippen LogP contribution in [-0.4, -0.2) is 29.3 Å². The van der Waals surface area contributed by atoms with Crippen LogP contribution < -0.4 is 16.4 Å². The minimum atomic E-state index is -0.407. The molecule has 0 aliphatic rings. The molecule has 5 aromatic rings. The van der Waals surface area contributed by atoms with Crippen LogP contribution in [0.15, 0.2) is 58.1 Å². The molecule has 10 nitrogen and oxygen atoms in total. The fourth-order valence-corrected chi connectivity index (χ4v) is 3.93. The Balaban J connectivity index is 1.84. The van der Waals surface area contributed by atoms with Crippen LogP contribution in [0.3, 0.4) is 0 Å². The Morgan fingerprint density at radius 1 is 1.15 bits per heavy atom. The van der Waals surface area contributed by atoms with E-state index in [9.17, 15) is 9.90 Å². The fraction of sp³-hybridized carbons (Fsp3) is 0.174. The molecule has 0 amide bonds. The first-order chi connectivity index (χ1) is 16.0. The van der Waals surface area contributed by atoms with E-state index < -0.39 is 5.69 Å². The number of aliphatic hydroxyl groups is 1. The van der Waals surface area contributed by atoms with Gasteiger partial charge in [0.15, 0.2) is 6.39 Å². The zero-order valence-corrected chi connectivity index (χ0v) is 18.1. The van der Waals surface area contributed by atoms with E-state index in [-0.39, 0.29) is 19.1 Å². The molecule has 33 heavy (non-hydrogen) atoms. The van der Waals surface area contributed by atoms with Crippen LogP contribution in [0.4, 0.5) is 5.95 Å². The lowest BCUT2D eigenvalue weighted by molar-refractivity contribution is -0.351. The quantitative estimate of drug-likeness (QED) is 0.421. The average Bonchev–Trinajstić information content (AvgIpc) is 3.37. The van der Waals surface area contributed by atoms with Gasteiger partial charge in [-0.1, -0.05) is 30.3 Å². The lowest BCUT2D eigenvalue weighted by Gasteiger charge is -2.10. The molecule has 0 aliphatic heterocycles. The molecule has 10 heteroatoms.